The van der Waals surface area contributed by atoms with Gasteiger partial charge in [0.2, 0.25) is 0 Å². The van der Waals surface area contributed by atoms with Crippen LogP contribution in [0, 0.1) is 12.3 Å². The van der Waals surface area contributed by atoms with Gasteiger partial charge in [-0.3, -0.25) is 14.5 Å². The predicted octanol–water partition coefficient (Wildman–Crippen LogP) is 5.14. The molecule has 154 valence electrons. The molecule has 0 bridgehead atoms. The molecule has 1 aliphatic rings. The van der Waals surface area contributed by atoms with Crippen LogP contribution in [-0.2, 0) is 11.2 Å². The van der Waals surface area contributed by atoms with Crippen molar-refractivity contribution in [2.75, 3.05) is 20.3 Å². The monoisotopic (exact) mass is 485 g/mol. The number of terminal acetylenes is 1. The summed E-state index contributed by atoms with van der Waals surface area (Å²) in [6.07, 6.45) is 8.46. The van der Waals surface area contributed by atoms with Crippen molar-refractivity contribution in [3.05, 3.63) is 63.0 Å². The van der Waals surface area contributed by atoms with Crippen LogP contribution in [-0.4, -0.2) is 36.3 Å². The van der Waals surface area contributed by atoms with Gasteiger partial charge in [-0.25, -0.2) is 0 Å². The quantitative estimate of drug-likeness (QED) is 0.382. The Labute approximate surface area is 188 Å². The Morgan fingerprint density at radius 3 is 2.70 bits per heavy atom. The van der Waals surface area contributed by atoms with Crippen LogP contribution in [0.3, 0.4) is 0 Å². The molecule has 0 atom stereocenters. The number of imide groups is 1. The van der Waals surface area contributed by atoms with Gasteiger partial charge in [0.1, 0.15) is 6.61 Å². The number of hydrogen-bond acceptors (Lipinski definition) is 5. The number of aryl methyl sites for hydroxylation is 1. The van der Waals surface area contributed by atoms with E-state index in [0.717, 1.165) is 24.6 Å². The second-order valence-corrected chi connectivity index (χ2v) is 8.30. The van der Waals surface area contributed by atoms with E-state index in [1.54, 1.807) is 18.2 Å². The number of benzene rings is 2. The van der Waals surface area contributed by atoms with Gasteiger partial charge >= 0.3 is 0 Å². The zero-order valence-electron chi connectivity index (χ0n) is 16.4. The lowest BCUT2D eigenvalue weighted by molar-refractivity contribution is -0.122. The Bertz CT molecular complexity index is 1010. The summed E-state index contributed by atoms with van der Waals surface area (Å²) in [4.78, 5) is 26.8. The number of hydrogen-bond donors (Lipinski definition) is 0. The molecule has 30 heavy (non-hydrogen) atoms. The molecule has 5 nitrogen and oxygen atoms in total. The molecule has 0 unspecified atom stereocenters. The van der Waals surface area contributed by atoms with Crippen molar-refractivity contribution >= 4 is 44.9 Å². The van der Waals surface area contributed by atoms with E-state index in [1.165, 1.54) is 17.6 Å². The van der Waals surface area contributed by atoms with Gasteiger partial charge in [0.05, 0.1) is 16.5 Å². The first kappa shape index (κ1) is 22.0. The predicted molar refractivity (Wildman–Crippen MR) is 122 cm³/mol. The number of methoxy groups -OCH3 is 1. The van der Waals surface area contributed by atoms with Gasteiger partial charge in [0.25, 0.3) is 11.1 Å². The summed E-state index contributed by atoms with van der Waals surface area (Å²) in [5.74, 6) is 3.10. The van der Waals surface area contributed by atoms with Crippen LogP contribution in [0.1, 0.15) is 17.5 Å². The number of nitrogens with zero attached hydrogens (tertiary/aromatic N) is 1. The van der Waals surface area contributed by atoms with Crippen molar-refractivity contribution in [1.29, 1.82) is 0 Å². The molecule has 1 aliphatic heterocycles. The van der Waals surface area contributed by atoms with Gasteiger partial charge in [0, 0.05) is 6.54 Å². The number of rotatable bonds is 8. The van der Waals surface area contributed by atoms with Crippen LogP contribution in [0.15, 0.2) is 51.8 Å². The molecular formula is C23H20BrNO4S. The summed E-state index contributed by atoms with van der Waals surface area (Å²) in [6.45, 7) is 0.499. The molecule has 3 rings (SSSR count). The van der Waals surface area contributed by atoms with E-state index in [4.69, 9.17) is 15.9 Å². The average Bonchev–Trinajstić information content (AvgIpc) is 3.00. The van der Waals surface area contributed by atoms with Crippen LogP contribution < -0.4 is 9.47 Å². The van der Waals surface area contributed by atoms with Crippen molar-refractivity contribution in [1.82, 2.24) is 4.90 Å². The fourth-order valence-corrected chi connectivity index (χ4v) is 4.45. The molecule has 0 N–H and O–H groups in total. The topological polar surface area (TPSA) is 55.8 Å². The largest absolute Gasteiger partial charge is 0.493 e. The molecule has 0 saturated carbocycles. The fourth-order valence-electron chi connectivity index (χ4n) is 3.01. The van der Waals surface area contributed by atoms with Gasteiger partial charge in [-0.2, -0.15) is 0 Å². The number of carbonyl (C=O) groups is 2. The third-order valence-electron chi connectivity index (χ3n) is 4.41. The molecule has 2 amide bonds. The highest BCUT2D eigenvalue weighted by Crippen LogP contribution is 2.39. The number of halogens is 1. The number of amides is 2. The van der Waals surface area contributed by atoms with Crippen LogP contribution >= 0.6 is 27.7 Å². The minimum Gasteiger partial charge on any atom is -0.493 e. The van der Waals surface area contributed by atoms with Crippen molar-refractivity contribution in [3.8, 4) is 23.8 Å². The maximum absolute atomic E-state index is 12.7. The lowest BCUT2D eigenvalue weighted by Gasteiger charge is -2.13. The van der Waals surface area contributed by atoms with E-state index in [1.807, 2.05) is 30.3 Å². The molecule has 1 fully saturated rings. The van der Waals surface area contributed by atoms with E-state index in [2.05, 4.69) is 21.9 Å². The first-order valence-electron chi connectivity index (χ1n) is 9.26. The fraction of sp³-hybridized carbons (Fsp3) is 0.217. The van der Waals surface area contributed by atoms with Gasteiger partial charge in [0.15, 0.2) is 11.5 Å². The van der Waals surface area contributed by atoms with Gasteiger partial charge in [-0.05, 0) is 69.9 Å². The molecule has 0 aromatic heterocycles. The van der Waals surface area contributed by atoms with Crippen molar-refractivity contribution in [2.24, 2.45) is 0 Å². The Morgan fingerprint density at radius 1 is 1.23 bits per heavy atom. The zero-order valence-corrected chi connectivity index (χ0v) is 18.8. The zero-order chi connectivity index (χ0) is 21.5. The van der Waals surface area contributed by atoms with Gasteiger partial charge in [-0.1, -0.05) is 36.3 Å². The summed E-state index contributed by atoms with van der Waals surface area (Å²) >= 11 is 4.39. The number of carbonyl (C=O) groups excluding carboxylic acids is 2. The van der Waals surface area contributed by atoms with Crippen LogP contribution in [0.25, 0.3) is 6.08 Å². The summed E-state index contributed by atoms with van der Waals surface area (Å²) in [5, 5.41) is -0.251. The highest BCUT2D eigenvalue weighted by Gasteiger charge is 2.34. The van der Waals surface area contributed by atoms with Crippen molar-refractivity contribution in [3.63, 3.8) is 0 Å². The first-order chi connectivity index (χ1) is 14.5. The lowest BCUT2D eigenvalue weighted by atomic mass is 10.1. The summed E-state index contributed by atoms with van der Waals surface area (Å²) < 4.78 is 11.5. The highest BCUT2D eigenvalue weighted by molar-refractivity contribution is 9.10. The van der Waals surface area contributed by atoms with E-state index in [-0.39, 0.29) is 17.8 Å². The molecule has 2 aromatic carbocycles. The molecule has 0 radical (unpaired) electrons. The van der Waals surface area contributed by atoms with Crippen LogP contribution in [0.2, 0.25) is 0 Å². The highest BCUT2D eigenvalue weighted by atomic mass is 79.9. The Morgan fingerprint density at radius 2 is 2.00 bits per heavy atom. The Balaban J connectivity index is 1.71. The third-order valence-corrected chi connectivity index (χ3v) is 5.91. The molecule has 1 heterocycles. The number of ether oxygens (including phenoxy) is 2. The minimum absolute atomic E-state index is 0.107. The summed E-state index contributed by atoms with van der Waals surface area (Å²) in [7, 11) is 1.52. The maximum atomic E-state index is 12.7. The SMILES string of the molecule is C#CCOc1c(Br)cc(/C=C2/SC(=O)N(CCCc3ccccc3)C2=O)cc1OC. The summed E-state index contributed by atoms with van der Waals surface area (Å²) in [6, 6.07) is 13.5. The molecule has 2 aromatic rings. The molecular weight excluding hydrogens is 466 g/mol. The molecule has 1 saturated heterocycles. The Hall–Kier alpha value is -2.69. The van der Waals surface area contributed by atoms with Crippen LogP contribution in [0.5, 0.6) is 11.5 Å². The Kier molecular flexibility index (Phi) is 7.61. The lowest BCUT2D eigenvalue weighted by Crippen LogP contribution is -2.29. The van der Waals surface area contributed by atoms with Crippen molar-refractivity contribution in [2.45, 2.75) is 12.8 Å². The van der Waals surface area contributed by atoms with Gasteiger partial charge in [-0.15, -0.1) is 6.42 Å². The number of thioether (sulfide) groups is 1. The second-order valence-electron chi connectivity index (χ2n) is 6.45. The molecule has 7 heteroatoms. The van der Waals surface area contributed by atoms with Crippen LogP contribution in [0.4, 0.5) is 4.79 Å². The average molecular weight is 486 g/mol. The van der Waals surface area contributed by atoms with Gasteiger partial charge < -0.3 is 9.47 Å². The van der Waals surface area contributed by atoms with Crippen molar-refractivity contribution < 1.29 is 19.1 Å². The smallest absolute Gasteiger partial charge is 0.293 e. The third kappa shape index (κ3) is 5.26. The van der Waals surface area contributed by atoms with E-state index in [9.17, 15) is 9.59 Å². The van der Waals surface area contributed by atoms with E-state index >= 15 is 0 Å². The minimum atomic E-state index is -0.277. The second kappa shape index (κ2) is 10.4. The maximum Gasteiger partial charge on any atom is 0.293 e. The van der Waals surface area contributed by atoms with E-state index < -0.39 is 0 Å². The van der Waals surface area contributed by atoms with E-state index in [0.29, 0.717) is 33.0 Å². The molecule has 0 spiro atoms. The molecule has 0 aliphatic carbocycles. The normalized spacial score (nSPS) is 14.8. The standard InChI is InChI=1S/C23H20BrNO4S/c1-3-12-29-21-18(24)13-17(14-19(21)28-2)15-20-22(26)25(23(27)30-20)11-7-10-16-8-5-4-6-9-16/h1,4-6,8-9,13-15H,7,10-12H2,2H3/b20-15+. The first-order valence-corrected chi connectivity index (χ1v) is 10.9. The summed E-state index contributed by atoms with van der Waals surface area (Å²) in [5.41, 5.74) is 1.89.